The number of halogens is 2. The van der Waals surface area contributed by atoms with Crippen molar-refractivity contribution in [1.29, 1.82) is 0 Å². The van der Waals surface area contributed by atoms with E-state index >= 15 is 0 Å². The summed E-state index contributed by atoms with van der Waals surface area (Å²) in [4.78, 5) is 2.50. The topological polar surface area (TPSA) is 23.5 Å². The van der Waals surface area contributed by atoms with Gasteiger partial charge in [-0.25, -0.2) is 0 Å². The highest BCUT2D eigenvalue weighted by atomic mass is 79.9. The summed E-state index contributed by atoms with van der Waals surface area (Å²) in [6.45, 7) is 4.36. The van der Waals surface area contributed by atoms with Gasteiger partial charge in [0.05, 0.1) is 6.10 Å². The largest absolute Gasteiger partial charge is 0.388 e. The summed E-state index contributed by atoms with van der Waals surface area (Å²) in [5.41, 5.74) is 0.831. The number of aliphatic hydroxyl groups is 1. The third kappa shape index (κ3) is 3.94. The van der Waals surface area contributed by atoms with Crippen LogP contribution >= 0.6 is 27.5 Å². The van der Waals surface area contributed by atoms with Gasteiger partial charge in [0.1, 0.15) is 0 Å². The maximum absolute atomic E-state index is 10.3. The van der Waals surface area contributed by atoms with Gasteiger partial charge in [-0.05, 0) is 49.9 Å². The van der Waals surface area contributed by atoms with Crippen LogP contribution in [-0.2, 0) is 0 Å². The maximum Gasteiger partial charge on any atom is 0.0816 e. The molecule has 106 valence electrons. The number of likely N-dealkylation sites (tertiary alicyclic amines) is 1. The first-order chi connectivity index (χ1) is 9.11. The minimum atomic E-state index is -0.473. The molecule has 0 aliphatic carbocycles. The summed E-state index contributed by atoms with van der Waals surface area (Å²) in [5.74, 6) is 0. The van der Waals surface area contributed by atoms with Gasteiger partial charge in [-0.1, -0.05) is 40.5 Å². The van der Waals surface area contributed by atoms with Crippen LogP contribution in [0.25, 0.3) is 0 Å². The predicted octanol–water partition coefficient (Wildman–Crippen LogP) is 4.40. The smallest absolute Gasteiger partial charge is 0.0816 e. The van der Waals surface area contributed by atoms with Crippen LogP contribution in [0.4, 0.5) is 0 Å². The average Bonchev–Trinajstić information content (AvgIpc) is 2.83. The Bertz CT molecular complexity index is 427. The van der Waals surface area contributed by atoms with E-state index in [2.05, 4.69) is 27.8 Å². The van der Waals surface area contributed by atoms with Gasteiger partial charge in [0.15, 0.2) is 0 Å². The minimum absolute atomic E-state index is 0.473. The van der Waals surface area contributed by atoms with E-state index in [1.807, 2.05) is 18.2 Å². The van der Waals surface area contributed by atoms with Crippen LogP contribution in [0.3, 0.4) is 0 Å². The van der Waals surface area contributed by atoms with Gasteiger partial charge in [0.25, 0.3) is 0 Å². The van der Waals surface area contributed by atoms with Crippen molar-refractivity contribution in [3.63, 3.8) is 0 Å². The van der Waals surface area contributed by atoms with Crippen molar-refractivity contribution in [2.45, 2.75) is 44.8 Å². The maximum atomic E-state index is 10.3. The van der Waals surface area contributed by atoms with Crippen molar-refractivity contribution in [1.82, 2.24) is 4.90 Å². The Kier molecular flexibility index (Phi) is 5.70. The lowest BCUT2D eigenvalue weighted by atomic mass is 10.1. The SMILES string of the molecule is CCC1CCCN1CCC(O)c1ccc(Br)cc1Cl. The summed E-state index contributed by atoms with van der Waals surface area (Å²) >= 11 is 9.55. The minimum Gasteiger partial charge on any atom is -0.388 e. The van der Waals surface area contributed by atoms with E-state index in [0.29, 0.717) is 11.1 Å². The molecule has 4 heteroatoms. The molecule has 2 atom stereocenters. The third-order valence-corrected chi connectivity index (χ3v) is 4.80. The standard InChI is InChI=1S/C15H21BrClNO/c1-2-12-4-3-8-18(12)9-7-15(19)13-6-5-11(16)10-14(13)17/h5-6,10,12,15,19H,2-4,7-9H2,1H3. The molecule has 0 bridgehead atoms. The molecule has 2 rings (SSSR count). The van der Waals surface area contributed by atoms with Gasteiger partial charge >= 0.3 is 0 Å². The first-order valence-electron chi connectivity index (χ1n) is 6.99. The Labute approximate surface area is 128 Å². The van der Waals surface area contributed by atoms with E-state index < -0.39 is 6.10 Å². The van der Waals surface area contributed by atoms with Crippen LogP contribution in [0, 0.1) is 0 Å². The lowest BCUT2D eigenvalue weighted by Crippen LogP contribution is -2.30. The van der Waals surface area contributed by atoms with Gasteiger partial charge in [-0.2, -0.15) is 0 Å². The van der Waals surface area contributed by atoms with Crippen LogP contribution in [0.2, 0.25) is 5.02 Å². The molecule has 1 aliphatic rings. The van der Waals surface area contributed by atoms with Crippen molar-refractivity contribution >= 4 is 27.5 Å². The zero-order chi connectivity index (χ0) is 13.8. The second kappa shape index (κ2) is 7.07. The highest BCUT2D eigenvalue weighted by Gasteiger charge is 2.23. The normalized spacial score (nSPS) is 21.8. The van der Waals surface area contributed by atoms with E-state index in [-0.39, 0.29) is 0 Å². The fraction of sp³-hybridized carbons (Fsp3) is 0.600. The summed E-state index contributed by atoms with van der Waals surface area (Å²) < 4.78 is 0.944. The van der Waals surface area contributed by atoms with Gasteiger partial charge in [0.2, 0.25) is 0 Å². The number of benzene rings is 1. The van der Waals surface area contributed by atoms with Gasteiger partial charge in [-0.15, -0.1) is 0 Å². The summed E-state index contributed by atoms with van der Waals surface area (Å²) in [6, 6.07) is 6.37. The molecule has 0 saturated carbocycles. The van der Waals surface area contributed by atoms with Crippen molar-refractivity contribution < 1.29 is 5.11 Å². The second-order valence-corrected chi connectivity index (χ2v) is 6.53. The predicted molar refractivity (Wildman–Crippen MR) is 83.6 cm³/mol. The Morgan fingerprint density at radius 3 is 3.00 bits per heavy atom. The molecule has 1 fully saturated rings. The molecule has 19 heavy (non-hydrogen) atoms. The monoisotopic (exact) mass is 345 g/mol. The molecule has 1 aliphatic heterocycles. The van der Waals surface area contributed by atoms with Crippen LogP contribution < -0.4 is 0 Å². The van der Waals surface area contributed by atoms with Crippen molar-refractivity contribution in [2.75, 3.05) is 13.1 Å². The zero-order valence-corrected chi connectivity index (χ0v) is 13.6. The molecule has 1 heterocycles. The highest BCUT2D eigenvalue weighted by molar-refractivity contribution is 9.10. The summed E-state index contributed by atoms with van der Waals surface area (Å²) in [5, 5.41) is 10.9. The molecule has 0 aromatic heterocycles. The molecule has 1 aromatic rings. The van der Waals surface area contributed by atoms with E-state index in [9.17, 15) is 5.11 Å². The lowest BCUT2D eigenvalue weighted by molar-refractivity contribution is 0.137. The van der Waals surface area contributed by atoms with Crippen LogP contribution in [-0.4, -0.2) is 29.1 Å². The summed E-state index contributed by atoms with van der Waals surface area (Å²) in [6.07, 6.45) is 4.06. The van der Waals surface area contributed by atoms with Gasteiger partial charge < -0.3 is 10.0 Å². The quantitative estimate of drug-likeness (QED) is 0.854. The molecule has 0 amide bonds. The van der Waals surface area contributed by atoms with Crippen molar-refractivity contribution in [3.8, 4) is 0 Å². The van der Waals surface area contributed by atoms with E-state index in [0.717, 1.165) is 23.0 Å². The van der Waals surface area contributed by atoms with Crippen molar-refractivity contribution in [3.05, 3.63) is 33.3 Å². The third-order valence-electron chi connectivity index (χ3n) is 3.98. The lowest BCUT2D eigenvalue weighted by Gasteiger charge is -2.24. The van der Waals surface area contributed by atoms with E-state index in [4.69, 9.17) is 11.6 Å². The fourth-order valence-corrected chi connectivity index (χ4v) is 3.67. The van der Waals surface area contributed by atoms with Crippen LogP contribution in [0.5, 0.6) is 0 Å². The molecular weight excluding hydrogens is 326 g/mol. The van der Waals surface area contributed by atoms with Crippen LogP contribution in [0.1, 0.15) is 44.3 Å². The number of hydrogen-bond acceptors (Lipinski definition) is 2. The molecule has 0 spiro atoms. The molecule has 1 saturated heterocycles. The number of rotatable bonds is 5. The average molecular weight is 347 g/mol. The number of nitrogens with zero attached hydrogens (tertiary/aromatic N) is 1. The molecular formula is C15H21BrClNO. The molecule has 1 aromatic carbocycles. The van der Waals surface area contributed by atoms with Gasteiger partial charge in [-0.3, -0.25) is 0 Å². The van der Waals surface area contributed by atoms with E-state index in [1.54, 1.807) is 0 Å². The highest BCUT2D eigenvalue weighted by Crippen LogP contribution is 2.29. The van der Waals surface area contributed by atoms with Crippen molar-refractivity contribution in [2.24, 2.45) is 0 Å². The van der Waals surface area contributed by atoms with Gasteiger partial charge in [0, 0.05) is 22.1 Å². The summed E-state index contributed by atoms with van der Waals surface area (Å²) in [7, 11) is 0. The molecule has 1 N–H and O–H groups in total. The fourth-order valence-electron chi connectivity index (χ4n) is 2.87. The molecule has 2 nitrogen and oxygen atoms in total. The Hall–Kier alpha value is -0.0900. The Morgan fingerprint density at radius 2 is 2.32 bits per heavy atom. The Balaban J connectivity index is 1.92. The number of hydrogen-bond donors (Lipinski definition) is 1. The Morgan fingerprint density at radius 1 is 1.53 bits per heavy atom. The number of aliphatic hydroxyl groups excluding tert-OH is 1. The second-order valence-electron chi connectivity index (χ2n) is 5.21. The van der Waals surface area contributed by atoms with Crippen LogP contribution in [0.15, 0.2) is 22.7 Å². The first-order valence-corrected chi connectivity index (χ1v) is 8.16. The first kappa shape index (κ1) is 15.3. The zero-order valence-electron chi connectivity index (χ0n) is 11.3. The molecule has 2 unspecified atom stereocenters. The molecule has 0 radical (unpaired) electrons. The van der Waals surface area contributed by atoms with E-state index in [1.165, 1.54) is 25.8 Å².